The number of piperazine rings is 1. The van der Waals surface area contributed by atoms with E-state index in [0.29, 0.717) is 17.6 Å². The first-order valence-electron chi connectivity index (χ1n) is 8.98. The van der Waals surface area contributed by atoms with E-state index in [0.717, 1.165) is 38.1 Å². The van der Waals surface area contributed by atoms with Crippen LogP contribution in [0.1, 0.15) is 0 Å². The minimum atomic E-state index is -0.400. The van der Waals surface area contributed by atoms with Gasteiger partial charge in [-0.15, -0.1) is 0 Å². The molecule has 0 aliphatic carbocycles. The summed E-state index contributed by atoms with van der Waals surface area (Å²) in [7, 11) is 0. The summed E-state index contributed by atoms with van der Waals surface area (Å²) in [5, 5.41) is 29.8. The average molecular weight is 365 g/mol. The van der Waals surface area contributed by atoms with Crippen LogP contribution in [0, 0.1) is 11.3 Å². The predicted molar refractivity (Wildman–Crippen MR) is 105 cm³/mol. The molecule has 7 nitrogen and oxygen atoms in total. The van der Waals surface area contributed by atoms with Gasteiger partial charge in [-0.1, -0.05) is 24.3 Å². The molecule has 140 valence electrons. The molecule has 0 aromatic heterocycles. The van der Waals surface area contributed by atoms with Crippen molar-refractivity contribution in [3.8, 4) is 11.8 Å². The van der Waals surface area contributed by atoms with Gasteiger partial charge >= 0.3 is 0 Å². The maximum Gasteiger partial charge on any atom is 0.263 e. The summed E-state index contributed by atoms with van der Waals surface area (Å²) in [6.45, 7) is 5.12. The van der Waals surface area contributed by atoms with E-state index >= 15 is 0 Å². The molecule has 2 aromatic rings. The number of nitrogens with one attached hydrogen (secondary N) is 3. The molecule has 3 rings (SSSR count). The smallest absolute Gasteiger partial charge is 0.263 e. The fourth-order valence-electron chi connectivity index (χ4n) is 3.08. The van der Waals surface area contributed by atoms with Crippen LogP contribution in [-0.2, 0) is 4.79 Å². The maximum absolute atomic E-state index is 12.2. The highest BCUT2D eigenvalue weighted by atomic mass is 16.3. The lowest BCUT2D eigenvalue weighted by Gasteiger charge is -2.27. The second kappa shape index (κ2) is 9.03. The Morgan fingerprint density at radius 3 is 2.74 bits per heavy atom. The molecule has 0 saturated carbocycles. The fraction of sp³-hybridized carbons (Fsp3) is 0.300. The largest absolute Gasteiger partial charge is 0.507 e. The summed E-state index contributed by atoms with van der Waals surface area (Å²) in [6, 6.07) is 12.6. The Balaban J connectivity index is 1.62. The molecule has 1 aliphatic rings. The lowest BCUT2D eigenvalue weighted by molar-refractivity contribution is -0.117. The first kappa shape index (κ1) is 18.7. The van der Waals surface area contributed by atoms with Crippen molar-refractivity contribution in [1.82, 2.24) is 15.5 Å². The molecule has 0 spiro atoms. The second-order valence-electron chi connectivity index (χ2n) is 6.34. The summed E-state index contributed by atoms with van der Waals surface area (Å²) in [4.78, 5) is 14.5. The van der Waals surface area contributed by atoms with Crippen molar-refractivity contribution in [2.75, 3.05) is 44.6 Å². The minimum Gasteiger partial charge on any atom is -0.507 e. The van der Waals surface area contributed by atoms with Crippen molar-refractivity contribution in [2.45, 2.75) is 0 Å². The number of rotatable bonds is 6. The van der Waals surface area contributed by atoms with Crippen LogP contribution >= 0.6 is 0 Å². The van der Waals surface area contributed by atoms with Gasteiger partial charge in [-0.3, -0.25) is 9.69 Å². The Hall–Kier alpha value is -3.08. The first-order valence-corrected chi connectivity index (χ1v) is 8.98. The topological polar surface area (TPSA) is 100 Å². The summed E-state index contributed by atoms with van der Waals surface area (Å²) >= 11 is 0. The molecule has 7 heteroatoms. The van der Waals surface area contributed by atoms with E-state index in [1.807, 2.05) is 24.3 Å². The molecular weight excluding hydrogens is 342 g/mol. The number of nitrogens with zero attached hydrogens (tertiary/aromatic N) is 2. The van der Waals surface area contributed by atoms with Gasteiger partial charge in [-0.05, 0) is 12.1 Å². The van der Waals surface area contributed by atoms with Gasteiger partial charge < -0.3 is 21.1 Å². The number of benzene rings is 2. The molecule has 0 bridgehead atoms. The van der Waals surface area contributed by atoms with Gasteiger partial charge in [0.2, 0.25) is 0 Å². The van der Waals surface area contributed by atoms with Gasteiger partial charge in [0.1, 0.15) is 17.4 Å². The zero-order valence-electron chi connectivity index (χ0n) is 15.0. The number of aromatic hydroxyl groups is 1. The number of hydrogen-bond donors (Lipinski definition) is 4. The summed E-state index contributed by atoms with van der Waals surface area (Å²) < 4.78 is 0. The third kappa shape index (κ3) is 4.76. The van der Waals surface area contributed by atoms with Crippen LogP contribution < -0.4 is 16.0 Å². The molecule has 0 unspecified atom stereocenters. The van der Waals surface area contributed by atoms with E-state index in [1.54, 1.807) is 18.2 Å². The van der Waals surface area contributed by atoms with Crippen molar-refractivity contribution in [1.29, 1.82) is 5.26 Å². The van der Waals surface area contributed by atoms with Crippen LogP contribution in [0.2, 0.25) is 0 Å². The molecule has 2 aromatic carbocycles. The third-order valence-corrected chi connectivity index (χ3v) is 4.56. The number of carbonyl (C=O) groups excluding carboxylic acids is 1. The highest BCUT2D eigenvalue weighted by molar-refractivity contribution is 6.00. The van der Waals surface area contributed by atoms with Crippen LogP contribution in [-0.4, -0.2) is 55.2 Å². The fourth-order valence-corrected chi connectivity index (χ4v) is 3.08. The number of hydrogen-bond acceptors (Lipinski definition) is 6. The van der Waals surface area contributed by atoms with Crippen molar-refractivity contribution < 1.29 is 9.90 Å². The highest BCUT2D eigenvalue weighted by Gasteiger charge is 2.12. The molecule has 1 aliphatic heterocycles. The molecule has 1 heterocycles. The predicted octanol–water partition coefficient (Wildman–Crippen LogP) is 1.39. The molecule has 27 heavy (non-hydrogen) atoms. The average Bonchev–Trinajstić information content (AvgIpc) is 2.70. The summed E-state index contributed by atoms with van der Waals surface area (Å²) in [5.41, 5.74) is 0.720. The number of carbonyl (C=O) groups is 1. The number of phenols is 1. The van der Waals surface area contributed by atoms with Gasteiger partial charge in [0, 0.05) is 61.9 Å². The lowest BCUT2D eigenvalue weighted by Crippen LogP contribution is -2.46. The van der Waals surface area contributed by atoms with Gasteiger partial charge in [0.05, 0.1) is 0 Å². The molecular formula is C20H23N5O2. The van der Waals surface area contributed by atoms with Crippen LogP contribution in [0.5, 0.6) is 5.75 Å². The number of phenolic OH excluding ortho intramolecular Hbond substituents is 1. The standard InChI is InChI=1S/C20H23N5O2/c21-13-15(20(27)23-9-12-25-10-7-22-8-11-25)14-24-18-5-1-4-17-16(18)3-2-6-19(17)26/h1-6,14,22,24,26H,7-12H2,(H,23,27)/b15-14-. The van der Waals surface area contributed by atoms with E-state index in [4.69, 9.17) is 0 Å². The monoisotopic (exact) mass is 365 g/mol. The Morgan fingerprint density at radius 1 is 1.22 bits per heavy atom. The van der Waals surface area contributed by atoms with Crippen LogP contribution in [0.15, 0.2) is 48.2 Å². The van der Waals surface area contributed by atoms with E-state index in [1.165, 1.54) is 6.20 Å². The maximum atomic E-state index is 12.2. The Labute approximate surface area is 158 Å². The highest BCUT2D eigenvalue weighted by Crippen LogP contribution is 2.29. The van der Waals surface area contributed by atoms with Crippen molar-refractivity contribution in [3.63, 3.8) is 0 Å². The van der Waals surface area contributed by atoms with Crippen LogP contribution in [0.4, 0.5) is 5.69 Å². The molecule has 0 atom stereocenters. The summed E-state index contributed by atoms with van der Waals surface area (Å²) in [5.74, 6) is -0.213. The van der Waals surface area contributed by atoms with E-state index in [-0.39, 0.29) is 11.3 Å². The van der Waals surface area contributed by atoms with Crippen molar-refractivity contribution in [2.24, 2.45) is 0 Å². The molecule has 1 amide bonds. The van der Waals surface area contributed by atoms with Gasteiger partial charge in [-0.2, -0.15) is 5.26 Å². The van der Waals surface area contributed by atoms with Gasteiger partial charge in [-0.25, -0.2) is 0 Å². The Kier molecular flexibility index (Phi) is 6.26. The molecule has 1 saturated heterocycles. The third-order valence-electron chi connectivity index (χ3n) is 4.56. The molecule has 1 fully saturated rings. The van der Waals surface area contributed by atoms with Gasteiger partial charge in [0.25, 0.3) is 5.91 Å². The van der Waals surface area contributed by atoms with E-state index in [9.17, 15) is 15.2 Å². The van der Waals surface area contributed by atoms with Crippen molar-refractivity contribution in [3.05, 3.63) is 48.2 Å². The number of nitriles is 1. The molecule has 4 N–H and O–H groups in total. The van der Waals surface area contributed by atoms with Crippen LogP contribution in [0.25, 0.3) is 10.8 Å². The number of anilines is 1. The summed E-state index contributed by atoms with van der Waals surface area (Å²) in [6.07, 6.45) is 1.40. The minimum absolute atomic E-state index is 0.00691. The lowest BCUT2D eigenvalue weighted by atomic mass is 10.1. The van der Waals surface area contributed by atoms with Crippen LogP contribution in [0.3, 0.4) is 0 Å². The zero-order chi connectivity index (χ0) is 19.1. The van der Waals surface area contributed by atoms with Gasteiger partial charge in [0.15, 0.2) is 0 Å². The second-order valence-corrected chi connectivity index (χ2v) is 6.34. The first-order chi connectivity index (χ1) is 13.2. The molecule has 0 radical (unpaired) electrons. The normalized spacial score (nSPS) is 15.3. The van der Waals surface area contributed by atoms with E-state index < -0.39 is 5.91 Å². The van der Waals surface area contributed by atoms with Crippen molar-refractivity contribution >= 4 is 22.4 Å². The Morgan fingerprint density at radius 2 is 1.96 bits per heavy atom. The quantitative estimate of drug-likeness (QED) is 0.456. The SMILES string of the molecule is N#C/C(=C/Nc1cccc2c(O)cccc12)C(=O)NCCN1CCNCC1. The Bertz CT molecular complexity index is 882. The number of amides is 1. The number of fused-ring (bicyclic) bond motifs is 1. The van der Waals surface area contributed by atoms with E-state index in [2.05, 4.69) is 20.9 Å². The zero-order valence-corrected chi connectivity index (χ0v) is 15.0.